The first-order valence-electron chi connectivity index (χ1n) is 7.36. The third kappa shape index (κ3) is 2.82. The van der Waals surface area contributed by atoms with Crippen LogP contribution >= 0.6 is 11.6 Å². The van der Waals surface area contributed by atoms with Crippen LogP contribution < -0.4 is 5.32 Å². The number of benzene rings is 2. The van der Waals surface area contributed by atoms with Crippen LogP contribution in [0.25, 0.3) is 0 Å². The Kier molecular flexibility index (Phi) is 3.86. The number of hydrogen-bond acceptors (Lipinski definition) is 2. The van der Waals surface area contributed by atoms with E-state index in [9.17, 15) is 9.59 Å². The molecule has 0 aromatic heterocycles. The molecule has 0 spiro atoms. The van der Waals surface area contributed by atoms with E-state index in [-0.39, 0.29) is 18.5 Å². The molecular weight excluding hydrogens is 312 g/mol. The highest BCUT2D eigenvalue weighted by atomic mass is 35.5. The molecule has 23 heavy (non-hydrogen) atoms. The van der Waals surface area contributed by atoms with E-state index in [0.717, 1.165) is 11.1 Å². The molecule has 0 saturated carbocycles. The van der Waals surface area contributed by atoms with Crippen molar-refractivity contribution in [2.75, 3.05) is 0 Å². The lowest BCUT2D eigenvalue weighted by Crippen LogP contribution is -2.40. The predicted molar refractivity (Wildman–Crippen MR) is 89.1 cm³/mol. The fourth-order valence-corrected chi connectivity index (χ4v) is 2.82. The van der Waals surface area contributed by atoms with Gasteiger partial charge in [0, 0.05) is 5.02 Å². The summed E-state index contributed by atoms with van der Waals surface area (Å²) >= 11 is 5.89. The van der Waals surface area contributed by atoms with Gasteiger partial charge in [0.25, 0.3) is 5.91 Å². The summed E-state index contributed by atoms with van der Waals surface area (Å²) in [5.41, 5.74) is 1.70. The average Bonchev–Trinajstić information content (AvgIpc) is 2.74. The van der Waals surface area contributed by atoms with Crippen LogP contribution in [0.15, 0.2) is 48.5 Å². The fraction of sp³-hybridized carbons (Fsp3) is 0.222. The lowest BCUT2D eigenvalue weighted by atomic mass is 9.92. The first-order valence-corrected chi connectivity index (χ1v) is 7.73. The zero-order chi connectivity index (χ0) is 16.6. The Bertz CT molecular complexity index is 756. The van der Waals surface area contributed by atoms with Crippen molar-refractivity contribution < 1.29 is 9.59 Å². The van der Waals surface area contributed by atoms with Crippen molar-refractivity contribution in [2.24, 2.45) is 0 Å². The van der Waals surface area contributed by atoms with E-state index in [4.69, 9.17) is 11.6 Å². The van der Waals surface area contributed by atoms with Crippen LogP contribution in [-0.4, -0.2) is 16.8 Å². The molecule has 0 bridgehead atoms. The van der Waals surface area contributed by atoms with E-state index in [1.807, 2.05) is 31.2 Å². The Morgan fingerprint density at radius 3 is 2.26 bits per heavy atom. The van der Waals surface area contributed by atoms with Gasteiger partial charge in [0.15, 0.2) is 0 Å². The zero-order valence-corrected chi connectivity index (χ0v) is 13.7. The minimum atomic E-state index is -1.06. The van der Waals surface area contributed by atoms with Crippen molar-refractivity contribution in [1.29, 1.82) is 0 Å². The minimum Gasteiger partial charge on any atom is -0.319 e. The number of hydrogen-bond donors (Lipinski definition) is 1. The van der Waals surface area contributed by atoms with Gasteiger partial charge in [-0.15, -0.1) is 0 Å². The van der Waals surface area contributed by atoms with Gasteiger partial charge >= 0.3 is 6.03 Å². The van der Waals surface area contributed by atoms with Gasteiger partial charge in [-0.05, 0) is 37.1 Å². The number of nitrogens with zero attached hydrogens (tertiary/aromatic N) is 1. The number of nitrogens with one attached hydrogen (secondary N) is 1. The third-order valence-electron chi connectivity index (χ3n) is 4.16. The second-order valence-corrected chi connectivity index (χ2v) is 6.38. The van der Waals surface area contributed by atoms with E-state index < -0.39 is 5.54 Å². The Morgan fingerprint density at radius 2 is 1.65 bits per heavy atom. The minimum absolute atomic E-state index is 0.258. The molecule has 2 aromatic carbocycles. The summed E-state index contributed by atoms with van der Waals surface area (Å²) in [4.78, 5) is 26.3. The normalized spacial score (nSPS) is 20.7. The maximum atomic E-state index is 12.8. The predicted octanol–water partition coefficient (Wildman–Crippen LogP) is 3.62. The van der Waals surface area contributed by atoms with Crippen molar-refractivity contribution in [3.8, 4) is 0 Å². The number of carbonyl (C=O) groups is 2. The average molecular weight is 329 g/mol. The summed E-state index contributed by atoms with van der Waals surface area (Å²) in [5.74, 6) is -0.259. The number of imide groups is 1. The highest BCUT2D eigenvalue weighted by Crippen LogP contribution is 2.30. The van der Waals surface area contributed by atoms with Gasteiger partial charge in [-0.25, -0.2) is 4.79 Å². The number of amides is 3. The molecule has 1 fully saturated rings. The van der Waals surface area contributed by atoms with Crippen LogP contribution in [0.3, 0.4) is 0 Å². The fourth-order valence-electron chi connectivity index (χ4n) is 2.70. The Balaban J connectivity index is 1.87. The highest BCUT2D eigenvalue weighted by Gasteiger charge is 2.48. The lowest BCUT2D eigenvalue weighted by molar-refractivity contribution is -0.131. The standard InChI is InChI=1S/C18H17ClN2O2/c1-12-3-5-13(6-4-12)11-21-16(22)18(2,20-17(21)23)14-7-9-15(19)10-8-14/h3-10H,11H2,1-2H3,(H,20,23). The second-order valence-electron chi connectivity index (χ2n) is 5.94. The van der Waals surface area contributed by atoms with Gasteiger partial charge in [-0.1, -0.05) is 53.6 Å². The molecule has 1 heterocycles. The molecule has 1 N–H and O–H groups in total. The van der Waals surface area contributed by atoms with Crippen LogP contribution in [0.4, 0.5) is 4.79 Å². The number of carbonyl (C=O) groups excluding carboxylic acids is 2. The molecule has 0 radical (unpaired) electrons. The van der Waals surface area contributed by atoms with Gasteiger partial charge in [0.05, 0.1) is 6.54 Å². The van der Waals surface area contributed by atoms with Crippen LogP contribution in [0.1, 0.15) is 23.6 Å². The number of urea groups is 1. The Labute approximate surface area is 140 Å². The van der Waals surface area contributed by atoms with E-state index in [1.54, 1.807) is 31.2 Å². The summed E-state index contributed by atoms with van der Waals surface area (Å²) < 4.78 is 0. The maximum absolute atomic E-state index is 12.8. The topological polar surface area (TPSA) is 49.4 Å². The van der Waals surface area contributed by atoms with Crippen molar-refractivity contribution in [1.82, 2.24) is 10.2 Å². The largest absolute Gasteiger partial charge is 0.325 e. The summed E-state index contributed by atoms with van der Waals surface area (Å²) in [7, 11) is 0. The molecule has 1 aliphatic rings. The number of halogens is 1. The molecule has 1 aliphatic heterocycles. The first-order chi connectivity index (χ1) is 10.9. The maximum Gasteiger partial charge on any atom is 0.325 e. The zero-order valence-electron chi connectivity index (χ0n) is 13.0. The summed E-state index contributed by atoms with van der Waals surface area (Å²) in [5, 5.41) is 3.38. The summed E-state index contributed by atoms with van der Waals surface area (Å²) in [6.07, 6.45) is 0. The Hall–Kier alpha value is -2.33. The first kappa shape index (κ1) is 15.6. The molecule has 5 heteroatoms. The Morgan fingerprint density at radius 1 is 1.04 bits per heavy atom. The number of rotatable bonds is 3. The molecule has 2 aromatic rings. The monoisotopic (exact) mass is 328 g/mol. The van der Waals surface area contributed by atoms with Crippen LogP contribution in [-0.2, 0) is 16.9 Å². The van der Waals surface area contributed by atoms with Gasteiger partial charge in [-0.2, -0.15) is 0 Å². The molecule has 1 saturated heterocycles. The quantitative estimate of drug-likeness (QED) is 0.875. The molecule has 0 aliphatic carbocycles. The highest BCUT2D eigenvalue weighted by molar-refractivity contribution is 6.30. The smallest absolute Gasteiger partial charge is 0.319 e. The summed E-state index contributed by atoms with van der Waals surface area (Å²) in [6.45, 7) is 3.97. The van der Waals surface area contributed by atoms with Gasteiger partial charge < -0.3 is 5.32 Å². The van der Waals surface area contributed by atoms with Gasteiger partial charge in [0.1, 0.15) is 5.54 Å². The van der Waals surface area contributed by atoms with Crippen molar-refractivity contribution in [2.45, 2.75) is 25.9 Å². The summed E-state index contributed by atoms with van der Waals surface area (Å²) in [6, 6.07) is 14.3. The molecule has 1 atom stereocenters. The van der Waals surface area contributed by atoms with Crippen molar-refractivity contribution in [3.63, 3.8) is 0 Å². The van der Waals surface area contributed by atoms with E-state index in [1.165, 1.54) is 4.90 Å². The molecule has 3 rings (SSSR count). The SMILES string of the molecule is Cc1ccc(CN2C(=O)NC(C)(c3ccc(Cl)cc3)C2=O)cc1. The van der Waals surface area contributed by atoms with Crippen molar-refractivity contribution >= 4 is 23.5 Å². The molecular formula is C18H17ClN2O2. The second kappa shape index (κ2) is 5.70. The van der Waals surface area contributed by atoms with Gasteiger partial charge in [0.2, 0.25) is 0 Å². The van der Waals surface area contributed by atoms with Crippen LogP contribution in [0.5, 0.6) is 0 Å². The molecule has 3 amide bonds. The van der Waals surface area contributed by atoms with E-state index >= 15 is 0 Å². The van der Waals surface area contributed by atoms with Crippen LogP contribution in [0, 0.1) is 6.92 Å². The number of aryl methyl sites for hydroxylation is 1. The molecule has 118 valence electrons. The third-order valence-corrected chi connectivity index (χ3v) is 4.41. The van der Waals surface area contributed by atoms with Gasteiger partial charge in [-0.3, -0.25) is 9.69 Å². The molecule has 4 nitrogen and oxygen atoms in total. The molecule has 1 unspecified atom stereocenters. The van der Waals surface area contributed by atoms with E-state index in [0.29, 0.717) is 10.6 Å². The van der Waals surface area contributed by atoms with E-state index in [2.05, 4.69) is 5.32 Å². The van der Waals surface area contributed by atoms with Crippen LogP contribution in [0.2, 0.25) is 5.02 Å². The lowest BCUT2D eigenvalue weighted by Gasteiger charge is -2.22. The van der Waals surface area contributed by atoms with Crippen molar-refractivity contribution in [3.05, 3.63) is 70.2 Å².